The van der Waals surface area contributed by atoms with Crippen LogP contribution in [0.5, 0.6) is 0 Å². The normalized spacial score (nSPS) is 13.7. The van der Waals surface area contributed by atoms with Crippen molar-refractivity contribution < 1.29 is 14.3 Å². The Kier molecular flexibility index (Phi) is 4.97. The fourth-order valence-corrected chi connectivity index (χ4v) is 2.73. The third-order valence-electron chi connectivity index (χ3n) is 3.89. The molecule has 23 heavy (non-hydrogen) atoms. The minimum Gasteiger partial charge on any atom is -0.443 e. The largest absolute Gasteiger partial charge is 0.443 e. The van der Waals surface area contributed by atoms with E-state index in [1.165, 1.54) is 0 Å². The molecule has 126 valence electrons. The van der Waals surface area contributed by atoms with Gasteiger partial charge < -0.3 is 9.64 Å². The molecule has 0 radical (unpaired) electrons. The Morgan fingerprint density at radius 1 is 1.22 bits per heavy atom. The Morgan fingerprint density at radius 2 is 1.87 bits per heavy atom. The van der Waals surface area contributed by atoms with Crippen LogP contribution < -0.4 is 4.90 Å². The molecule has 5 nitrogen and oxygen atoms in total. The molecule has 0 atom stereocenters. The van der Waals surface area contributed by atoms with Crippen LogP contribution in [0.15, 0.2) is 18.2 Å². The molecule has 2 amide bonds. The minimum absolute atomic E-state index is 0.0357. The predicted molar refractivity (Wildman–Crippen MR) is 91.0 cm³/mol. The Morgan fingerprint density at radius 3 is 2.43 bits per heavy atom. The number of nitrogens with zero attached hydrogens (tertiary/aromatic N) is 2. The van der Waals surface area contributed by atoms with Gasteiger partial charge in [0.15, 0.2) is 0 Å². The summed E-state index contributed by atoms with van der Waals surface area (Å²) in [6.45, 7) is 11.5. The molecule has 0 bridgehead atoms. The van der Waals surface area contributed by atoms with E-state index in [9.17, 15) is 9.59 Å². The number of fused-ring (bicyclic) bond motifs is 1. The molecule has 0 unspecified atom stereocenters. The molecule has 0 aliphatic carbocycles. The van der Waals surface area contributed by atoms with Crippen molar-refractivity contribution in [3.8, 4) is 0 Å². The van der Waals surface area contributed by atoms with E-state index in [1.54, 1.807) is 15.9 Å². The van der Waals surface area contributed by atoms with Crippen molar-refractivity contribution in [1.29, 1.82) is 0 Å². The number of amides is 2. The second kappa shape index (κ2) is 6.60. The van der Waals surface area contributed by atoms with Crippen molar-refractivity contribution in [1.82, 2.24) is 4.90 Å². The maximum Gasteiger partial charge on any atom is 0.414 e. The summed E-state index contributed by atoms with van der Waals surface area (Å²) in [7, 11) is 0. The van der Waals surface area contributed by atoms with Crippen LogP contribution in [0, 0.1) is 0 Å². The molecule has 0 N–H and O–H groups in total. The van der Waals surface area contributed by atoms with Gasteiger partial charge in [-0.2, -0.15) is 0 Å². The number of ether oxygens (including phenoxy) is 1. The zero-order valence-corrected chi connectivity index (χ0v) is 14.7. The molecule has 0 aromatic heterocycles. The molecule has 2 rings (SSSR count). The summed E-state index contributed by atoms with van der Waals surface area (Å²) in [5, 5.41) is 0. The maximum atomic E-state index is 12.4. The van der Waals surface area contributed by atoms with Crippen LogP contribution in [-0.2, 0) is 11.2 Å². The quantitative estimate of drug-likeness (QED) is 0.857. The van der Waals surface area contributed by atoms with Crippen molar-refractivity contribution in [3.05, 3.63) is 29.3 Å². The zero-order chi connectivity index (χ0) is 17.2. The summed E-state index contributed by atoms with van der Waals surface area (Å²) in [6.07, 6.45) is 0.410. The molecular weight excluding hydrogens is 292 g/mol. The number of hydrogen-bond donors (Lipinski definition) is 0. The van der Waals surface area contributed by atoms with E-state index in [0.29, 0.717) is 25.2 Å². The van der Waals surface area contributed by atoms with Crippen LogP contribution in [0.3, 0.4) is 0 Å². The van der Waals surface area contributed by atoms with Crippen molar-refractivity contribution in [3.63, 3.8) is 0 Å². The van der Waals surface area contributed by atoms with E-state index in [1.807, 2.05) is 46.8 Å². The number of anilines is 1. The van der Waals surface area contributed by atoms with Crippen molar-refractivity contribution >= 4 is 17.7 Å². The number of hydrogen-bond acceptors (Lipinski definition) is 3. The highest BCUT2D eigenvalue weighted by molar-refractivity contribution is 5.97. The maximum absolute atomic E-state index is 12.4. The van der Waals surface area contributed by atoms with Gasteiger partial charge in [0.25, 0.3) is 5.91 Å². The molecule has 1 aliphatic heterocycles. The number of benzene rings is 1. The van der Waals surface area contributed by atoms with E-state index in [2.05, 4.69) is 0 Å². The number of carbonyl (C=O) groups is 2. The molecule has 0 fully saturated rings. The average Bonchev–Trinajstić information content (AvgIpc) is 2.89. The standard InChI is InChI=1S/C18H26N2O3/c1-6-19(7-2)16(21)14-8-9-15-13(12-14)10-11-20(15)17(22)23-18(3,4)5/h8-9,12H,6-7,10-11H2,1-5H3. The van der Waals surface area contributed by atoms with Gasteiger partial charge in [-0.1, -0.05) is 0 Å². The second-order valence-corrected chi connectivity index (χ2v) is 6.70. The van der Waals surface area contributed by atoms with Gasteiger partial charge in [0, 0.05) is 25.2 Å². The molecule has 1 heterocycles. The zero-order valence-electron chi connectivity index (χ0n) is 14.7. The lowest BCUT2D eigenvalue weighted by molar-refractivity contribution is 0.0583. The number of rotatable bonds is 3. The summed E-state index contributed by atoms with van der Waals surface area (Å²) in [4.78, 5) is 28.1. The van der Waals surface area contributed by atoms with Gasteiger partial charge in [-0.3, -0.25) is 9.69 Å². The lowest BCUT2D eigenvalue weighted by Gasteiger charge is -2.25. The fourth-order valence-electron chi connectivity index (χ4n) is 2.73. The van der Waals surface area contributed by atoms with Gasteiger partial charge >= 0.3 is 6.09 Å². The van der Waals surface area contributed by atoms with Gasteiger partial charge in [-0.25, -0.2) is 4.79 Å². The Balaban J connectivity index is 2.20. The summed E-state index contributed by atoms with van der Waals surface area (Å²) in [6, 6.07) is 5.55. The molecule has 5 heteroatoms. The van der Waals surface area contributed by atoms with E-state index in [-0.39, 0.29) is 12.0 Å². The highest BCUT2D eigenvalue weighted by atomic mass is 16.6. The summed E-state index contributed by atoms with van der Waals surface area (Å²) >= 11 is 0. The van der Waals surface area contributed by atoms with E-state index < -0.39 is 5.60 Å². The van der Waals surface area contributed by atoms with Crippen molar-refractivity contribution in [2.24, 2.45) is 0 Å². The third kappa shape index (κ3) is 3.84. The Hall–Kier alpha value is -2.04. The van der Waals surface area contributed by atoms with Gasteiger partial charge in [-0.15, -0.1) is 0 Å². The van der Waals surface area contributed by atoms with Crippen LogP contribution in [0.4, 0.5) is 10.5 Å². The van der Waals surface area contributed by atoms with E-state index >= 15 is 0 Å². The Bertz CT molecular complexity index is 601. The summed E-state index contributed by atoms with van der Waals surface area (Å²) in [5.41, 5.74) is 2.03. The summed E-state index contributed by atoms with van der Waals surface area (Å²) < 4.78 is 5.44. The molecule has 0 saturated heterocycles. The first-order valence-electron chi connectivity index (χ1n) is 8.19. The molecule has 0 saturated carbocycles. The monoisotopic (exact) mass is 318 g/mol. The first-order valence-corrected chi connectivity index (χ1v) is 8.19. The SMILES string of the molecule is CCN(CC)C(=O)c1ccc2c(c1)CCN2C(=O)OC(C)(C)C. The fraction of sp³-hybridized carbons (Fsp3) is 0.556. The summed E-state index contributed by atoms with van der Waals surface area (Å²) in [5.74, 6) is 0.0357. The topological polar surface area (TPSA) is 49.9 Å². The van der Waals surface area contributed by atoms with Crippen LogP contribution in [0.2, 0.25) is 0 Å². The highest BCUT2D eigenvalue weighted by Gasteiger charge is 2.29. The van der Waals surface area contributed by atoms with Crippen LogP contribution in [-0.4, -0.2) is 42.1 Å². The van der Waals surface area contributed by atoms with Crippen LogP contribution in [0.1, 0.15) is 50.5 Å². The Labute approximate surface area is 138 Å². The number of carbonyl (C=O) groups excluding carboxylic acids is 2. The van der Waals surface area contributed by atoms with Crippen LogP contribution in [0.25, 0.3) is 0 Å². The van der Waals surface area contributed by atoms with Gasteiger partial charge in [0.1, 0.15) is 5.60 Å². The third-order valence-corrected chi connectivity index (χ3v) is 3.89. The molecule has 1 aromatic rings. The van der Waals surface area contributed by atoms with E-state index in [0.717, 1.165) is 17.7 Å². The predicted octanol–water partition coefficient (Wildman–Crippen LogP) is 3.47. The van der Waals surface area contributed by atoms with Crippen molar-refractivity contribution in [2.45, 2.75) is 46.6 Å². The molecule has 1 aliphatic rings. The second-order valence-electron chi connectivity index (χ2n) is 6.70. The average molecular weight is 318 g/mol. The van der Waals surface area contributed by atoms with Gasteiger partial charge in [-0.05, 0) is 64.8 Å². The lowest BCUT2D eigenvalue weighted by Crippen LogP contribution is -2.35. The molecule has 1 aromatic carbocycles. The first kappa shape index (κ1) is 17.3. The van der Waals surface area contributed by atoms with Crippen molar-refractivity contribution in [2.75, 3.05) is 24.5 Å². The van der Waals surface area contributed by atoms with E-state index in [4.69, 9.17) is 4.74 Å². The van der Waals surface area contributed by atoms with Gasteiger partial charge in [0.05, 0.1) is 5.69 Å². The molecule has 0 spiro atoms. The minimum atomic E-state index is -0.515. The van der Waals surface area contributed by atoms with Crippen LogP contribution >= 0.6 is 0 Å². The van der Waals surface area contributed by atoms with Gasteiger partial charge in [0.2, 0.25) is 0 Å². The highest BCUT2D eigenvalue weighted by Crippen LogP contribution is 2.30. The lowest BCUT2D eigenvalue weighted by atomic mass is 10.1. The molecular formula is C18H26N2O3. The first-order chi connectivity index (χ1) is 10.8. The smallest absolute Gasteiger partial charge is 0.414 e.